The highest BCUT2D eigenvalue weighted by molar-refractivity contribution is 6.31. The molecule has 2 rings (SSSR count). The summed E-state index contributed by atoms with van der Waals surface area (Å²) in [6.07, 6.45) is 0.769. The van der Waals surface area contributed by atoms with Crippen LogP contribution in [0.3, 0.4) is 0 Å². The molecule has 0 unspecified atom stereocenters. The molecule has 0 bridgehead atoms. The van der Waals surface area contributed by atoms with Gasteiger partial charge in [0.15, 0.2) is 11.0 Å². The summed E-state index contributed by atoms with van der Waals surface area (Å²) in [5.74, 6) is 0.367. The number of hydrogen-bond donors (Lipinski definition) is 1. The Morgan fingerprint density at radius 2 is 1.74 bits per heavy atom. The topological polar surface area (TPSA) is 37.8 Å². The van der Waals surface area contributed by atoms with Crippen LogP contribution < -0.4 is 5.32 Å². The number of aromatic nitrogens is 2. The van der Waals surface area contributed by atoms with Gasteiger partial charge in [0.25, 0.3) is 0 Å². The van der Waals surface area contributed by atoms with Gasteiger partial charge in [0.1, 0.15) is 5.82 Å². The lowest BCUT2D eigenvalue weighted by molar-refractivity contribution is 0.627. The average molecular weight is 280 g/mol. The van der Waals surface area contributed by atoms with Gasteiger partial charge in [-0.25, -0.2) is 14.4 Å². The van der Waals surface area contributed by atoms with E-state index in [4.69, 9.17) is 11.6 Å². The Balaban J connectivity index is 1.96. The van der Waals surface area contributed by atoms with Crippen molar-refractivity contribution in [2.24, 2.45) is 0 Å². The van der Waals surface area contributed by atoms with Crippen LogP contribution >= 0.6 is 11.6 Å². The van der Waals surface area contributed by atoms with Gasteiger partial charge in [-0.1, -0.05) is 23.7 Å². The zero-order valence-corrected chi connectivity index (χ0v) is 11.6. The molecule has 0 aliphatic carbocycles. The number of halogens is 2. The minimum absolute atomic E-state index is 0.222. The first-order chi connectivity index (χ1) is 9.06. The molecule has 1 N–H and O–H groups in total. The molecule has 2 aromatic rings. The third-order valence-corrected chi connectivity index (χ3v) is 3.15. The zero-order chi connectivity index (χ0) is 13.8. The molecule has 3 nitrogen and oxygen atoms in total. The van der Waals surface area contributed by atoms with Crippen molar-refractivity contribution in [2.45, 2.75) is 20.3 Å². The molecule has 0 saturated heterocycles. The fraction of sp³-hybridized carbons (Fsp3) is 0.286. The Kier molecular flexibility index (Phi) is 4.32. The smallest absolute Gasteiger partial charge is 0.171 e. The van der Waals surface area contributed by atoms with Gasteiger partial charge in [0.2, 0.25) is 0 Å². The van der Waals surface area contributed by atoms with E-state index >= 15 is 0 Å². The van der Waals surface area contributed by atoms with Gasteiger partial charge in [-0.05, 0) is 38.0 Å². The largest absolute Gasteiger partial charge is 0.367 e. The Morgan fingerprint density at radius 1 is 1.11 bits per heavy atom. The molecule has 1 heterocycles. The molecule has 0 saturated carbocycles. The van der Waals surface area contributed by atoms with Gasteiger partial charge in [0, 0.05) is 6.54 Å². The van der Waals surface area contributed by atoms with Crippen molar-refractivity contribution < 1.29 is 4.39 Å². The number of aryl methyl sites for hydroxylation is 2. The number of rotatable bonds is 4. The van der Waals surface area contributed by atoms with E-state index in [2.05, 4.69) is 15.3 Å². The summed E-state index contributed by atoms with van der Waals surface area (Å²) in [7, 11) is 0. The lowest BCUT2D eigenvalue weighted by atomic mass is 10.1. The zero-order valence-electron chi connectivity index (χ0n) is 10.9. The lowest BCUT2D eigenvalue weighted by Gasteiger charge is -2.09. The minimum atomic E-state index is -0.222. The molecule has 100 valence electrons. The van der Waals surface area contributed by atoms with Crippen LogP contribution in [0.1, 0.15) is 17.0 Å². The van der Waals surface area contributed by atoms with Gasteiger partial charge in [-0.15, -0.1) is 0 Å². The van der Waals surface area contributed by atoms with Crippen LogP contribution in [0.5, 0.6) is 0 Å². The van der Waals surface area contributed by atoms with E-state index in [1.807, 2.05) is 13.8 Å². The summed E-state index contributed by atoms with van der Waals surface area (Å²) < 4.78 is 12.8. The molecule has 0 aliphatic rings. The van der Waals surface area contributed by atoms with E-state index in [1.54, 1.807) is 12.1 Å². The van der Waals surface area contributed by atoms with Gasteiger partial charge in [-0.2, -0.15) is 0 Å². The van der Waals surface area contributed by atoms with Crippen molar-refractivity contribution in [3.8, 4) is 0 Å². The van der Waals surface area contributed by atoms with Crippen molar-refractivity contribution in [1.82, 2.24) is 9.97 Å². The highest BCUT2D eigenvalue weighted by Crippen LogP contribution is 2.18. The molecule has 1 aromatic heterocycles. The van der Waals surface area contributed by atoms with E-state index in [1.165, 1.54) is 12.1 Å². The van der Waals surface area contributed by atoms with Crippen molar-refractivity contribution in [1.29, 1.82) is 0 Å². The Morgan fingerprint density at radius 3 is 2.42 bits per heavy atom. The first kappa shape index (κ1) is 13.7. The molecule has 5 heteroatoms. The SMILES string of the molecule is Cc1nc(Cl)c(NCCc2ccc(F)cc2)nc1C. The minimum Gasteiger partial charge on any atom is -0.367 e. The summed E-state index contributed by atoms with van der Waals surface area (Å²) in [6, 6.07) is 6.45. The second kappa shape index (κ2) is 5.97. The highest BCUT2D eigenvalue weighted by Gasteiger charge is 2.06. The lowest BCUT2D eigenvalue weighted by Crippen LogP contribution is -2.09. The molecular weight excluding hydrogens is 265 g/mol. The Labute approximate surface area is 116 Å². The predicted octanol–water partition coefficient (Wildman–Crippen LogP) is 3.54. The molecule has 19 heavy (non-hydrogen) atoms. The van der Waals surface area contributed by atoms with Crippen LogP contribution in [0.25, 0.3) is 0 Å². The van der Waals surface area contributed by atoms with Crippen LogP contribution in [0.15, 0.2) is 24.3 Å². The van der Waals surface area contributed by atoms with E-state index in [9.17, 15) is 4.39 Å². The summed E-state index contributed by atoms with van der Waals surface area (Å²) in [6.45, 7) is 4.43. The maximum Gasteiger partial charge on any atom is 0.171 e. The second-order valence-electron chi connectivity index (χ2n) is 4.34. The third kappa shape index (κ3) is 3.64. The number of anilines is 1. The monoisotopic (exact) mass is 279 g/mol. The van der Waals surface area contributed by atoms with Crippen molar-refractivity contribution in [3.63, 3.8) is 0 Å². The maximum atomic E-state index is 12.8. The number of nitrogens with one attached hydrogen (secondary N) is 1. The number of benzene rings is 1. The molecule has 1 aromatic carbocycles. The molecule has 0 radical (unpaired) electrons. The van der Waals surface area contributed by atoms with Gasteiger partial charge in [-0.3, -0.25) is 0 Å². The maximum absolute atomic E-state index is 12.8. The summed E-state index contributed by atoms with van der Waals surface area (Å²) in [5.41, 5.74) is 2.74. The van der Waals surface area contributed by atoms with Crippen LogP contribution in [-0.4, -0.2) is 16.5 Å². The Bertz CT molecular complexity index is 570. The molecule has 0 aliphatic heterocycles. The summed E-state index contributed by atoms with van der Waals surface area (Å²) >= 11 is 6.02. The standard InChI is InChI=1S/C14H15ClFN3/c1-9-10(2)19-14(13(15)18-9)17-8-7-11-3-5-12(16)6-4-11/h3-6H,7-8H2,1-2H3,(H,17,19). The second-order valence-corrected chi connectivity index (χ2v) is 4.70. The Hall–Kier alpha value is -1.68. The predicted molar refractivity (Wildman–Crippen MR) is 75.1 cm³/mol. The average Bonchev–Trinajstić information content (AvgIpc) is 2.38. The number of nitrogens with zero attached hydrogens (tertiary/aromatic N) is 2. The van der Waals surface area contributed by atoms with Gasteiger partial charge < -0.3 is 5.32 Å². The normalized spacial score (nSPS) is 10.5. The number of hydrogen-bond acceptors (Lipinski definition) is 3. The van der Waals surface area contributed by atoms with Crippen molar-refractivity contribution in [2.75, 3.05) is 11.9 Å². The fourth-order valence-electron chi connectivity index (χ4n) is 1.66. The van der Waals surface area contributed by atoms with E-state index < -0.39 is 0 Å². The van der Waals surface area contributed by atoms with E-state index in [0.717, 1.165) is 23.4 Å². The van der Waals surface area contributed by atoms with Crippen LogP contribution in [0.4, 0.5) is 10.2 Å². The van der Waals surface area contributed by atoms with Crippen LogP contribution in [0, 0.1) is 19.7 Å². The molecule has 0 atom stereocenters. The van der Waals surface area contributed by atoms with E-state index in [-0.39, 0.29) is 5.82 Å². The molecule has 0 fully saturated rings. The summed E-state index contributed by atoms with van der Waals surface area (Å²) in [4.78, 5) is 8.55. The van der Waals surface area contributed by atoms with Crippen LogP contribution in [0.2, 0.25) is 5.15 Å². The third-order valence-electron chi connectivity index (χ3n) is 2.88. The molecular formula is C14H15ClFN3. The molecule has 0 amide bonds. The first-order valence-electron chi connectivity index (χ1n) is 6.05. The van der Waals surface area contributed by atoms with Gasteiger partial charge in [0.05, 0.1) is 11.4 Å². The molecule has 0 spiro atoms. The van der Waals surface area contributed by atoms with Crippen molar-refractivity contribution in [3.05, 3.63) is 52.2 Å². The van der Waals surface area contributed by atoms with Gasteiger partial charge >= 0.3 is 0 Å². The quantitative estimate of drug-likeness (QED) is 0.930. The van der Waals surface area contributed by atoms with Crippen molar-refractivity contribution >= 4 is 17.4 Å². The summed E-state index contributed by atoms with van der Waals surface area (Å²) in [5, 5.41) is 3.52. The van der Waals surface area contributed by atoms with E-state index in [0.29, 0.717) is 17.5 Å². The van der Waals surface area contributed by atoms with Crippen LogP contribution in [-0.2, 0) is 6.42 Å². The first-order valence-corrected chi connectivity index (χ1v) is 6.43. The fourth-order valence-corrected chi connectivity index (χ4v) is 1.90. The highest BCUT2D eigenvalue weighted by atomic mass is 35.5.